The number of benzene rings is 1. The van der Waals surface area contributed by atoms with Crippen LogP contribution < -0.4 is 5.73 Å². The summed E-state index contributed by atoms with van der Waals surface area (Å²) in [6, 6.07) is 5.67. The lowest BCUT2D eigenvalue weighted by Crippen LogP contribution is -2.42. The van der Waals surface area contributed by atoms with Crippen molar-refractivity contribution in [3.8, 4) is 0 Å². The molecule has 0 spiro atoms. The van der Waals surface area contributed by atoms with Gasteiger partial charge in [-0.2, -0.15) is 4.31 Å². The van der Waals surface area contributed by atoms with Crippen LogP contribution in [0.15, 0.2) is 24.3 Å². The Labute approximate surface area is 118 Å². The summed E-state index contributed by atoms with van der Waals surface area (Å²) in [6.07, 6.45) is 0.325. The highest BCUT2D eigenvalue weighted by atomic mass is 32.2. The smallest absolute Gasteiger partial charge is 0.223 e. The predicted molar refractivity (Wildman–Crippen MR) is 77.7 cm³/mol. The molecule has 7 heteroatoms. The van der Waals surface area contributed by atoms with E-state index in [1.807, 2.05) is 0 Å². The van der Waals surface area contributed by atoms with E-state index in [1.54, 1.807) is 19.1 Å². The summed E-state index contributed by atoms with van der Waals surface area (Å²) in [5, 5.41) is -0.868. The van der Waals surface area contributed by atoms with E-state index < -0.39 is 15.3 Å². The zero-order valence-electron chi connectivity index (χ0n) is 10.8. The maximum absolute atomic E-state index is 12.8. The second-order valence-corrected chi connectivity index (χ2v) is 6.92. The molecule has 0 aliphatic carbocycles. The first-order valence-corrected chi connectivity index (χ1v) is 7.69. The van der Waals surface area contributed by atoms with E-state index in [4.69, 9.17) is 18.0 Å². The number of sulfonamides is 1. The first-order valence-electron chi connectivity index (χ1n) is 5.78. The van der Waals surface area contributed by atoms with Crippen molar-refractivity contribution in [3.05, 3.63) is 35.6 Å². The monoisotopic (exact) mass is 304 g/mol. The molecule has 0 fully saturated rings. The third kappa shape index (κ3) is 3.95. The number of nitrogens with two attached hydrogens (primary N) is 1. The first-order chi connectivity index (χ1) is 8.78. The van der Waals surface area contributed by atoms with Gasteiger partial charge in [0, 0.05) is 13.6 Å². The molecular formula is C12H17FN2O2S2. The molecule has 0 aromatic heterocycles. The summed E-state index contributed by atoms with van der Waals surface area (Å²) < 4.78 is 38.5. The lowest BCUT2D eigenvalue weighted by molar-refractivity contribution is 0.461. The zero-order valence-corrected chi connectivity index (χ0v) is 12.5. The van der Waals surface area contributed by atoms with Crippen LogP contribution in [0.5, 0.6) is 0 Å². The molecule has 1 aromatic carbocycles. The largest absolute Gasteiger partial charge is 0.392 e. The third-order valence-corrected chi connectivity index (χ3v) is 5.54. The third-order valence-electron chi connectivity index (χ3n) is 2.80. The molecule has 0 radical (unpaired) electrons. The number of hydrogen-bond acceptors (Lipinski definition) is 3. The molecule has 0 bridgehead atoms. The maximum atomic E-state index is 12.8. The highest BCUT2D eigenvalue weighted by Crippen LogP contribution is 2.15. The molecule has 2 N–H and O–H groups in total. The van der Waals surface area contributed by atoms with E-state index in [1.165, 1.54) is 23.5 Å². The Balaban J connectivity index is 2.90. The number of nitrogens with zero attached hydrogens (tertiary/aromatic N) is 1. The summed E-state index contributed by atoms with van der Waals surface area (Å²) in [4.78, 5) is -0.0338. The quantitative estimate of drug-likeness (QED) is 0.812. The standard InChI is InChI=1S/C12H17FN2O2S2/c1-3-11(12(14)18)19(16,17)15(2)8-9-4-6-10(13)7-5-9/h4-7,11H,3,8H2,1-2H3,(H2,14,18). The van der Waals surface area contributed by atoms with E-state index in [2.05, 4.69) is 0 Å². The highest BCUT2D eigenvalue weighted by molar-refractivity contribution is 7.92. The molecule has 1 unspecified atom stereocenters. The normalized spacial score (nSPS) is 13.5. The van der Waals surface area contributed by atoms with Crippen molar-refractivity contribution < 1.29 is 12.8 Å². The Kier molecular flexibility index (Phi) is 5.39. The van der Waals surface area contributed by atoms with Crippen molar-refractivity contribution in [1.82, 2.24) is 4.31 Å². The van der Waals surface area contributed by atoms with Crippen LogP contribution in [0.25, 0.3) is 0 Å². The fraction of sp³-hybridized carbons (Fsp3) is 0.417. The van der Waals surface area contributed by atoms with Crippen LogP contribution in [0.4, 0.5) is 4.39 Å². The first kappa shape index (κ1) is 16.0. The van der Waals surface area contributed by atoms with E-state index in [0.717, 1.165) is 0 Å². The molecule has 106 valence electrons. The van der Waals surface area contributed by atoms with Gasteiger partial charge >= 0.3 is 0 Å². The van der Waals surface area contributed by atoms with Gasteiger partial charge in [-0.3, -0.25) is 0 Å². The van der Waals surface area contributed by atoms with Gasteiger partial charge in [0.05, 0.1) is 4.99 Å². The van der Waals surface area contributed by atoms with Gasteiger partial charge in [-0.05, 0) is 24.1 Å². The topological polar surface area (TPSA) is 63.4 Å². The Bertz CT molecular complexity index is 543. The van der Waals surface area contributed by atoms with E-state index in [0.29, 0.717) is 12.0 Å². The average molecular weight is 304 g/mol. The molecule has 0 aliphatic heterocycles. The van der Waals surface area contributed by atoms with Gasteiger partial charge in [0.1, 0.15) is 11.1 Å². The summed E-state index contributed by atoms with van der Waals surface area (Å²) in [6.45, 7) is 1.87. The molecule has 0 heterocycles. The van der Waals surface area contributed by atoms with Crippen LogP contribution in [0.3, 0.4) is 0 Å². The summed E-state index contributed by atoms with van der Waals surface area (Å²) in [5.74, 6) is -0.358. The highest BCUT2D eigenvalue weighted by Gasteiger charge is 2.30. The zero-order chi connectivity index (χ0) is 14.6. The molecule has 1 rings (SSSR count). The van der Waals surface area contributed by atoms with Crippen molar-refractivity contribution >= 4 is 27.2 Å². The van der Waals surface area contributed by atoms with Crippen molar-refractivity contribution in [2.45, 2.75) is 25.1 Å². The summed E-state index contributed by atoms with van der Waals surface area (Å²) in [7, 11) is -2.13. The molecule has 0 aliphatic rings. The Morgan fingerprint density at radius 3 is 2.37 bits per heavy atom. The van der Waals surface area contributed by atoms with Crippen molar-refractivity contribution in [2.24, 2.45) is 5.73 Å². The van der Waals surface area contributed by atoms with Crippen molar-refractivity contribution in [1.29, 1.82) is 0 Å². The minimum atomic E-state index is -3.59. The number of thiocarbonyl (C=S) groups is 1. The van der Waals surface area contributed by atoms with E-state index >= 15 is 0 Å². The number of rotatable bonds is 6. The van der Waals surface area contributed by atoms with Crippen molar-refractivity contribution in [2.75, 3.05) is 7.05 Å². The second kappa shape index (κ2) is 6.40. The molecule has 0 saturated carbocycles. The van der Waals surface area contributed by atoms with Crippen LogP contribution in [-0.4, -0.2) is 30.0 Å². The SMILES string of the molecule is CCC(C(N)=S)S(=O)(=O)N(C)Cc1ccc(F)cc1. The van der Waals surface area contributed by atoms with Gasteiger partial charge in [0.15, 0.2) is 0 Å². The fourth-order valence-electron chi connectivity index (χ4n) is 1.71. The molecule has 1 aromatic rings. The molecule has 4 nitrogen and oxygen atoms in total. The van der Waals surface area contributed by atoms with Gasteiger partial charge < -0.3 is 5.73 Å². The predicted octanol–water partition coefficient (Wildman–Crippen LogP) is 1.65. The molecule has 19 heavy (non-hydrogen) atoms. The van der Waals surface area contributed by atoms with Crippen LogP contribution in [0, 0.1) is 5.82 Å². The fourth-order valence-corrected chi connectivity index (χ4v) is 3.72. The molecule has 1 atom stereocenters. The summed E-state index contributed by atoms with van der Waals surface area (Å²) in [5.41, 5.74) is 6.16. The number of halogens is 1. The van der Waals surface area contributed by atoms with E-state index in [9.17, 15) is 12.8 Å². The van der Waals surface area contributed by atoms with Crippen molar-refractivity contribution in [3.63, 3.8) is 0 Å². The molecule has 0 saturated heterocycles. The van der Waals surface area contributed by atoms with Gasteiger partial charge in [-0.25, -0.2) is 12.8 Å². The van der Waals surface area contributed by atoms with Gasteiger partial charge in [0.2, 0.25) is 10.0 Å². The Morgan fingerprint density at radius 2 is 1.95 bits per heavy atom. The Morgan fingerprint density at radius 1 is 1.42 bits per heavy atom. The lowest BCUT2D eigenvalue weighted by atomic mass is 10.2. The average Bonchev–Trinajstić information content (AvgIpc) is 2.32. The van der Waals surface area contributed by atoms with E-state index in [-0.39, 0.29) is 17.4 Å². The lowest BCUT2D eigenvalue weighted by Gasteiger charge is -2.23. The Hall–Kier alpha value is -1.05. The number of hydrogen-bond donors (Lipinski definition) is 1. The summed E-state index contributed by atoms with van der Waals surface area (Å²) >= 11 is 4.79. The van der Waals surface area contributed by atoms with Gasteiger partial charge in [0.25, 0.3) is 0 Å². The molecule has 0 amide bonds. The van der Waals surface area contributed by atoms with Gasteiger partial charge in [-0.1, -0.05) is 31.3 Å². The minimum absolute atomic E-state index is 0.0338. The van der Waals surface area contributed by atoms with Gasteiger partial charge in [-0.15, -0.1) is 0 Å². The van der Waals surface area contributed by atoms with Crippen LogP contribution >= 0.6 is 12.2 Å². The van der Waals surface area contributed by atoms with Crippen LogP contribution in [0.1, 0.15) is 18.9 Å². The van der Waals surface area contributed by atoms with Crippen LogP contribution in [-0.2, 0) is 16.6 Å². The van der Waals surface area contributed by atoms with Crippen LogP contribution in [0.2, 0.25) is 0 Å². The second-order valence-electron chi connectivity index (χ2n) is 4.23. The maximum Gasteiger partial charge on any atom is 0.223 e. The molecular weight excluding hydrogens is 287 g/mol. The minimum Gasteiger partial charge on any atom is -0.392 e.